The molecule has 2 bridgehead atoms. The van der Waals surface area contributed by atoms with E-state index in [0.717, 1.165) is 50.8 Å². The Kier molecular flexibility index (Phi) is 5.74. The van der Waals surface area contributed by atoms with E-state index in [1.165, 1.54) is 24.5 Å². The van der Waals surface area contributed by atoms with Gasteiger partial charge in [-0.15, -0.1) is 0 Å². The molecule has 1 aliphatic carbocycles. The van der Waals surface area contributed by atoms with Crippen molar-refractivity contribution in [3.8, 4) is 17.1 Å². The summed E-state index contributed by atoms with van der Waals surface area (Å²) in [4.78, 5) is 22.9. The van der Waals surface area contributed by atoms with Crippen molar-refractivity contribution in [1.29, 1.82) is 0 Å². The standard InChI is InChI=1S/C24H28FN3O5S/c1-24(7-8-24)33-23(29)28-17-3-4-18(28)10-15(9-17)14-32-22-26-12-16(13-27-22)20-6-5-19(11-21(20)25)34(2,30)31/h5-6,11-13,15,17-18H,3-4,7-10,14H2,1-2H3. The highest BCUT2D eigenvalue weighted by Crippen LogP contribution is 2.43. The molecule has 1 saturated carbocycles. The van der Waals surface area contributed by atoms with Crippen LogP contribution in [0.3, 0.4) is 0 Å². The molecule has 1 aromatic heterocycles. The third-order valence-corrected chi connectivity index (χ3v) is 8.20. The van der Waals surface area contributed by atoms with Gasteiger partial charge in [-0.1, -0.05) is 6.07 Å². The molecule has 182 valence electrons. The predicted octanol–water partition coefficient (Wildman–Crippen LogP) is 4.00. The molecule has 0 radical (unpaired) electrons. The van der Waals surface area contributed by atoms with Gasteiger partial charge in [0.1, 0.15) is 11.4 Å². The largest absolute Gasteiger partial charge is 0.463 e. The first-order chi connectivity index (χ1) is 16.1. The first-order valence-electron chi connectivity index (χ1n) is 11.6. The topological polar surface area (TPSA) is 98.7 Å². The maximum atomic E-state index is 14.4. The van der Waals surface area contributed by atoms with Crippen LogP contribution in [0.25, 0.3) is 11.1 Å². The van der Waals surface area contributed by atoms with Crippen molar-refractivity contribution in [3.05, 3.63) is 36.4 Å². The Hall–Kier alpha value is -2.75. The lowest BCUT2D eigenvalue weighted by molar-refractivity contribution is 0.0216. The fourth-order valence-electron chi connectivity index (χ4n) is 4.95. The fraction of sp³-hybridized carbons (Fsp3) is 0.542. The highest BCUT2D eigenvalue weighted by atomic mass is 32.2. The van der Waals surface area contributed by atoms with Crippen LogP contribution in [-0.4, -0.2) is 59.9 Å². The van der Waals surface area contributed by atoms with Gasteiger partial charge in [-0.25, -0.2) is 27.6 Å². The van der Waals surface area contributed by atoms with Crippen molar-refractivity contribution < 1.29 is 27.1 Å². The van der Waals surface area contributed by atoms with Crippen molar-refractivity contribution in [3.63, 3.8) is 0 Å². The number of carbonyl (C=O) groups is 1. The Morgan fingerprint density at radius 1 is 1.18 bits per heavy atom. The summed E-state index contributed by atoms with van der Waals surface area (Å²) >= 11 is 0. The number of hydrogen-bond donors (Lipinski definition) is 0. The molecule has 0 spiro atoms. The first kappa shape index (κ1) is 23.0. The van der Waals surface area contributed by atoms with Crippen LogP contribution in [-0.2, 0) is 14.6 Å². The van der Waals surface area contributed by atoms with Gasteiger partial charge in [0.2, 0.25) is 0 Å². The number of nitrogens with zero attached hydrogens (tertiary/aromatic N) is 3. The molecule has 3 heterocycles. The average molecular weight is 490 g/mol. The zero-order chi connectivity index (χ0) is 24.1. The lowest BCUT2D eigenvalue weighted by atomic mass is 9.92. The lowest BCUT2D eigenvalue weighted by Crippen LogP contribution is -2.48. The average Bonchev–Trinajstić information content (AvgIpc) is 3.44. The van der Waals surface area contributed by atoms with E-state index in [0.29, 0.717) is 18.1 Å². The quantitative estimate of drug-likeness (QED) is 0.605. The van der Waals surface area contributed by atoms with Crippen LogP contribution in [0.1, 0.15) is 45.4 Å². The van der Waals surface area contributed by atoms with Crippen LogP contribution in [0.2, 0.25) is 0 Å². The van der Waals surface area contributed by atoms with Crippen molar-refractivity contribution >= 4 is 15.9 Å². The van der Waals surface area contributed by atoms with Gasteiger partial charge >= 0.3 is 12.1 Å². The molecule has 3 aliphatic rings. The van der Waals surface area contributed by atoms with Gasteiger partial charge in [0, 0.05) is 41.9 Å². The summed E-state index contributed by atoms with van der Waals surface area (Å²) in [5.74, 6) is -0.362. The Morgan fingerprint density at radius 2 is 1.82 bits per heavy atom. The predicted molar refractivity (Wildman–Crippen MR) is 122 cm³/mol. The summed E-state index contributed by atoms with van der Waals surface area (Å²) < 4.78 is 49.1. The number of amides is 1. The van der Waals surface area contributed by atoms with Gasteiger partial charge in [-0.05, 0) is 63.5 Å². The molecular formula is C24H28FN3O5S. The van der Waals surface area contributed by atoms with Crippen LogP contribution in [0.15, 0.2) is 35.5 Å². The van der Waals surface area contributed by atoms with E-state index in [4.69, 9.17) is 9.47 Å². The highest BCUT2D eigenvalue weighted by Gasteiger charge is 2.48. The molecular weight excluding hydrogens is 461 g/mol. The number of aromatic nitrogens is 2. The second kappa shape index (κ2) is 8.48. The minimum absolute atomic E-state index is 0.0790. The molecule has 5 rings (SSSR count). The lowest BCUT2D eigenvalue weighted by Gasteiger charge is -2.38. The number of carbonyl (C=O) groups excluding carboxylic acids is 1. The summed E-state index contributed by atoms with van der Waals surface area (Å²) in [6.45, 7) is 2.43. The van der Waals surface area contributed by atoms with Gasteiger partial charge in [0.05, 0.1) is 11.5 Å². The number of halogens is 1. The van der Waals surface area contributed by atoms with Crippen molar-refractivity contribution in [1.82, 2.24) is 14.9 Å². The molecule has 1 aromatic carbocycles. The van der Waals surface area contributed by atoms with Gasteiger partial charge in [-0.3, -0.25) is 0 Å². The Bertz CT molecular complexity index is 1190. The minimum Gasteiger partial charge on any atom is -0.463 e. The highest BCUT2D eigenvalue weighted by molar-refractivity contribution is 7.90. The maximum Gasteiger partial charge on any atom is 0.410 e. The third kappa shape index (κ3) is 4.73. The van der Waals surface area contributed by atoms with Crippen molar-refractivity contribution in [2.45, 2.75) is 68.0 Å². The van der Waals surface area contributed by atoms with Crippen molar-refractivity contribution in [2.24, 2.45) is 5.92 Å². The molecule has 3 fully saturated rings. The number of fused-ring (bicyclic) bond motifs is 2. The maximum absolute atomic E-state index is 14.4. The second-order valence-corrected chi connectivity index (χ2v) is 11.9. The summed E-state index contributed by atoms with van der Waals surface area (Å²) in [6.07, 6.45) is 9.35. The van der Waals surface area contributed by atoms with Crippen LogP contribution < -0.4 is 4.74 Å². The van der Waals surface area contributed by atoms with Crippen LogP contribution in [0.4, 0.5) is 9.18 Å². The number of rotatable bonds is 6. The minimum atomic E-state index is -3.49. The third-order valence-electron chi connectivity index (χ3n) is 7.09. The molecule has 2 aromatic rings. The smallest absolute Gasteiger partial charge is 0.410 e. The molecule has 2 aliphatic heterocycles. The normalized spacial score (nSPS) is 25.1. The SMILES string of the molecule is CC1(OC(=O)N2C3CCC2CC(COc2ncc(-c4ccc(S(C)(=O)=O)cc4F)cn2)C3)CC1. The summed E-state index contributed by atoms with van der Waals surface area (Å²) in [6, 6.07) is 4.33. The molecule has 2 atom stereocenters. The van der Waals surface area contributed by atoms with E-state index in [1.54, 1.807) is 0 Å². The first-order valence-corrected chi connectivity index (χ1v) is 13.5. The number of ether oxygens (including phenoxy) is 2. The van der Waals surface area contributed by atoms with E-state index < -0.39 is 15.7 Å². The molecule has 2 unspecified atom stereocenters. The molecule has 0 N–H and O–H groups in total. The Balaban J connectivity index is 1.17. The molecule has 10 heteroatoms. The molecule has 1 amide bonds. The second-order valence-electron chi connectivity index (χ2n) is 9.93. The summed E-state index contributed by atoms with van der Waals surface area (Å²) in [7, 11) is -3.49. The number of benzene rings is 1. The van der Waals surface area contributed by atoms with Gasteiger partial charge < -0.3 is 14.4 Å². The summed E-state index contributed by atoms with van der Waals surface area (Å²) in [5, 5.41) is 0. The zero-order valence-corrected chi connectivity index (χ0v) is 20.1. The summed E-state index contributed by atoms with van der Waals surface area (Å²) in [5.41, 5.74) is 0.382. The van der Waals surface area contributed by atoms with Crippen LogP contribution >= 0.6 is 0 Å². The van der Waals surface area contributed by atoms with E-state index in [2.05, 4.69) is 9.97 Å². The number of piperidine rings is 1. The Morgan fingerprint density at radius 3 is 2.38 bits per heavy atom. The number of sulfone groups is 1. The number of hydrogen-bond acceptors (Lipinski definition) is 7. The monoisotopic (exact) mass is 489 g/mol. The Labute approximate surface area is 198 Å². The van der Waals surface area contributed by atoms with E-state index in [1.807, 2.05) is 11.8 Å². The van der Waals surface area contributed by atoms with E-state index >= 15 is 0 Å². The van der Waals surface area contributed by atoms with Crippen molar-refractivity contribution in [2.75, 3.05) is 12.9 Å². The van der Waals surface area contributed by atoms with E-state index in [9.17, 15) is 17.6 Å². The molecule has 8 nitrogen and oxygen atoms in total. The molecule has 2 saturated heterocycles. The van der Waals surface area contributed by atoms with Gasteiger partial charge in [-0.2, -0.15) is 0 Å². The molecule has 34 heavy (non-hydrogen) atoms. The van der Waals surface area contributed by atoms with Crippen LogP contribution in [0, 0.1) is 11.7 Å². The van der Waals surface area contributed by atoms with Gasteiger partial charge in [0.15, 0.2) is 9.84 Å². The van der Waals surface area contributed by atoms with E-state index in [-0.39, 0.29) is 40.2 Å². The zero-order valence-electron chi connectivity index (χ0n) is 19.2. The van der Waals surface area contributed by atoms with Gasteiger partial charge in [0.25, 0.3) is 0 Å². The van der Waals surface area contributed by atoms with Crippen LogP contribution in [0.5, 0.6) is 6.01 Å². The fourth-order valence-corrected chi connectivity index (χ4v) is 5.58.